The van der Waals surface area contributed by atoms with E-state index in [-0.39, 0.29) is 0 Å². The summed E-state index contributed by atoms with van der Waals surface area (Å²) in [4.78, 5) is 9.12. The molecule has 2 unspecified atom stereocenters. The highest BCUT2D eigenvalue weighted by Gasteiger charge is 2.35. The number of hydrogen-bond acceptors (Lipinski definition) is 4. The van der Waals surface area contributed by atoms with Gasteiger partial charge in [0.2, 0.25) is 0 Å². The van der Waals surface area contributed by atoms with Crippen molar-refractivity contribution in [1.29, 1.82) is 0 Å². The van der Waals surface area contributed by atoms with Crippen LogP contribution in [0.1, 0.15) is 69.5 Å². The number of nitrogens with zero attached hydrogens (tertiary/aromatic N) is 2. The summed E-state index contributed by atoms with van der Waals surface area (Å²) in [7, 11) is 2.09. The minimum Gasteiger partial charge on any atom is -0.345 e. The Morgan fingerprint density at radius 1 is 1.29 bits per heavy atom. The maximum absolute atomic E-state index is 5.06. The number of anilines is 1. The van der Waals surface area contributed by atoms with E-state index in [1.165, 1.54) is 54.4 Å². The fourth-order valence-electron chi connectivity index (χ4n) is 3.84. The highest BCUT2D eigenvalue weighted by Crippen LogP contribution is 2.45. The first-order valence-electron chi connectivity index (χ1n) is 8.44. The highest BCUT2D eigenvalue weighted by atomic mass is 32.1. The minimum atomic E-state index is 0.358. The summed E-state index contributed by atoms with van der Waals surface area (Å²) in [5.74, 6) is 0. The van der Waals surface area contributed by atoms with E-state index in [0.717, 1.165) is 6.42 Å². The van der Waals surface area contributed by atoms with Gasteiger partial charge in [-0.05, 0) is 45.1 Å². The monoisotopic (exact) mass is 307 g/mol. The Morgan fingerprint density at radius 3 is 2.86 bits per heavy atom. The van der Waals surface area contributed by atoms with Crippen molar-refractivity contribution in [3.8, 4) is 0 Å². The topological polar surface area (TPSA) is 28.2 Å². The molecule has 1 fully saturated rings. The zero-order valence-electron chi connectivity index (χ0n) is 13.9. The molecule has 3 nitrogen and oxygen atoms in total. The van der Waals surface area contributed by atoms with E-state index < -0.39 is 0 Å². The van der Waals surface area contributed by atoms with Gasteiger partial charge in [0.05, 0.1) is 5.69 Å². The van der Waals surface area contributed by atoms with Crippen molar-refractivity contribution < 1.29 is 0 Å². The first-order chi connectivity index (χ1) is 10.00. The third-order valence-electron chi connectivity index (χ3n) is 5.08. The van der Waals surface area contributed by atoms with E-state index in [2.05, 4.69) is 38.0 Å². The van der Waals surface area contributed by atoms with Crippen molar-refractivity contribution in [3.63, 3.8) is 0 Å². The molecule has 1 saturated heterocycles. The van der Waals surface area contributed by atoms with Gasteiger partial charge in [-0.25, -0.2) is 4.98 Å². The van der Waals surface area contributed by atoms with Gasteiger partial charge in [-0.2, -0.15) is 0 Å². The molecule has 2 aliphatic rings. The predicted octanol–water partition coefficient (Wildman–Crippen LogP) is 4.14. The molecule has 2 heterocycles. The van der Waals surface area contributed by atoms with E-state index in [4.69, 9.17) is 4.98 Å². The van der Waals surface area contributed by atoms with Crippen molar-refractivity contribution in [3.05, 3.63) is 10.6 Å². The molecule has 118 valence electrons. The fourth-order valence-corrected chi connectivity index (χ4v) is 5.16. The minimum absolute atomic E-state index is 0.358. The summed E-state index contributed by atoms with van der Waals surface area (Å²) in [6.45, 7) is 8.29. The summed E-state index contributed by atoms with van der Waals surface area (Å²) in [5.41, 5.74) is 1.71. The lowest BCUT2D eigenvalue weighted by Gasteiger charge is -2.34. The predicted molar refractivity (Wildman–Crippen MR) is 91.3 cm³/mol. The lowest BCUT2D eigenvalue weighted by Crippen LogP contribution is -2.32. The van der Waals surface area contributed by atoms with Crippen LogP contribution in [0.25, 0.3) is 0 Å². The lowest BCUT2D eigenvalue weighted by molar-refractivity contribution is 0.265. The van der Waals surface area contributed by atoms with Crippen LogP contribution < -0.4 is 10.2 Å². The Kier molecular flexibility index (Phi) is 4.28. The average molecular weight is 308 g/mol. The third-order valence-corrected chi connectivity index (χ3v) is 6.33. The van der Waals surface area contributed by atoms with Crippen LogP contribution >= 0.6 is 11.3 Å². The van der Waals surface area contributed by atoms with Crippen LogP contribution in [0.5, 0.6) is 0 Å². The smallest absolute Gasteiger partial charge is 0.186 e. The molecule has 1 N–H and O–H groups in total. The second kappa shape index (κ2) is 5.88. The molecule has 0 saturated carbocycles. The summed E-state index contributed by atoms with van der Waals surface area (Å²) in [6, 6.07) is 1.12. The molecule has 0 amide bonds. The Balaban J connectivity index is 1.90. The van der Waals surface area contributed by atoms with E-state index in [1.54, 1.807) is 0 Å². The van der Waals surface area contributed by atoms with Gasteiger partial charge in [0.1, 0.15) is 0 Å². The van der Waals surface area contributed by atoms with Crippen LogP contribution in [0.3, 0.4) is 0 Å². The third kappa shape index (κ3) is 3.11. The Morgan fingerprint density at radius 2 is 2.10 bits per heavy atom. The van der Waals surface area contributed by atoms with Crippen molar-refractivity contribution >= 4 is 16.5 Å². The van der Waals surface area contributed by atoms with Crippen LogP contribution in [0.4, 0.5) is 5.13 Å². The molecule has 0 spiro atoms. The van der Waals surface area contributed by atoms with Crippen LogP contribution in [-0.4, -0.2) is 24.6 Å². The van der Waals surface area contributed by atoms with Crippen molar-refractivity contribution in [2.75, 3.05) is 18.5 Å². The normalized spacial score (nSPS) is 29.0. The van der Waals surface area contributed by atoms with Crippen LogP contribution in [-0.2, 0) is 6.42 Å². The van der Waals surface area contributed by atoms with Gasteiger partial charge in [0.15, 0.2) is 5.13 Å². The molecular formula is C17H29N3S. The van der Waals surface area contributed by atoms with E-state index in [1.807, 2.05) is 11.3 Å². The molecule has 21 heavy (non-hydrogen) atoms. The van der Waals surface area contributed by atoms with Crippen molar-refractivity contribution in [2.24, 2.45) is 5.41 Å². The molecule has 4 heteroatoms. The molecule has 1 aliphatic heterocycles. The standard InChI is InChI=1S/C17H29N3S/c1-12-8-6-5-7-9-20(12)16-19-14-11-17(2,3)10-13(18-4)15(14)21-16/h12-13,18H,5-11H2,1-4H3. The molecule has 0 aromatic carbocycles. The van der Waals surface area contributed by atoms with Crippen LogP contribution in [0.2, 0.25) is 0 Å². The summed E-state index contributed by atoms with van der Waals surface area (Å²) in [5, 5.41) is 4.78. The Bertz CT molecular complexity index is 494. The quantitative estimate of drug-likeness (QED) is 0.890. The van der Waals surface area contributed by atoms with Crippen LogP contribution in [0, 0.1) is 5.41 Å². The zero-order chi connectivity index (χ0) is 15.0. The molecular weight excluding hydrogens is 278 g/mol. The van der Waals surface area contributed by atoms with Gasteiger partial charge in [-0.3, -0.25) is 0 Å². The van der Waals surface area contributed by atoms with E-state index in [9.17, 15) is 0 Å². The molecule has 2 atom stereocenters. The van der Waals surface area contributed by atoms with Gasteiger partial charge in [0, 0.05) is 23.5 Å². The van der Waals surface area contributed by atoms with Gasteiger partial charge in [-0.1, -0.05) is 38.0 Å². The van der Waals surface area contributed by atoms with Gasteiger partial charge in [0.25, 0.3) is 0 Å². The molecule has 0 bridgehead atoms. The first-order valence-corrected chi connectivity index (χ1v) is 9.25. The van der Waals surface area contributed by atoms with Gasteiger partial charge < -0.3 is 10.2 Å². The molecule has 1 aromatic heterocycles. The summed E-state index contributed by atoms with van der Waals surface area (Å²) in [6.07, 6.45) is 7.71. The van der Waals surface area contributed by atoms with E-state index >= 15 is 0 Å². The molecule has 1 aliphatic carbocycles. The van der Waals surface area contributed by atoms with Crippen molar-refractivity contribution in [1.82, 2.24) is 10.3 Å². The van der Waals surface area contributed by atoms with E-state index in [0.29, 0.717) is 17.5 Å². The summed E-state index contributed by atoms with van der Waals surface area (Å²) >= 11 is 1.94. The molecule has 1 aromatic rings. The molecule has 3 rings (SSSR count). The van der Waals surface area contributed by atoms with Gasteiger partial charge in [-0.15, -0.1) is 0 Å². The molecule has 0 radical (unpaired) electrons. The maximum Gasteiger partial charge on any atom is 0.186 e. The number of fused-ring (bicyclic) bond motifs is 1. The zero-order valence-corrected chi connectivity index (χ0v) is 14.7. The number of aromatic nitrogens is 1. The first kappa shape index (κ1) is 15.3. The number of hydrogen-bond donors (Lipinski definition) is 1. The lowest BCUT2D eigenvalue weighted by atomic mass is 9.76. The second-order valence-corrected chi connectivity index (χ2v) is 8.59. The van der Waals surface area contributed by atoms with Crippen LogP contribution in [0.15, 0.2) is 0 Å². The summed E-state index contributed by atoms with van der Waals surface area (Å²) < 4.78 is 0. The SMILES string of the molecule is CNC1CC(C)(C)Cc2nc(N3CCCCCC3C)sc21. The Hall–Kier alpha value is -0.610. The number of rotatable bonds is 2. The second-order valence-electron chi connectivity index (χ2n) is 7.59. The largest absolute Gasteiger partial charge is 0.345 e. The number of thiazole rings is 1. The fraction of sp³-hybridized carbons (Fsp3) is 0.824. The highest BCUT2D eigenvalue weighted by molar-refractivity contribution is 7.15. The van der Waals surface area contributed by atoms with Crippen molar-refractivity contribution in [2.45, 2.75) is 71.4 Å². The Labute approximate surface area is 133 Å². The number of nitrogens with one attached hydrogen (secondary N) is 1. The van der Waals surface area contributed by atoms with Gasteiger partial charge >= 0.3 is 0 Å². The average Bonchev–Trinajstić information content (AvgIpc) is 2.71. The maximum atomic E-state index is 5.06.